The molecule has 12 heteroatoms. The van der Waals surface area contributed by atoms with Crippen molar-refractivity contribution in [2.75, 3.05) is 0 Å². The summed E-state index contributed by atoms with van der Waals surface area (Å²) < 4.78 is 45.8. The van der Waals surface area contributed by atoms with Crippen LogP contribution >= 0.6 is 39.1 Å². The number of rotatable bonds is 4. The Morgan fingerprint density at radius 2 is 1.69 bits per heavy atom. The zero-order chi connectivity index (χ0) is 25.6. The highest BCUT2D eigenvalue weighted by Gasteiger charge is 2.31. The van der Waals surface area contributed by atoms with E-state index in [1.165, 1.54) is 39.7 Å². The second kappa shape index (κ2) is 9.27. The summed E-state index contributed by atoms with van der Waals surface area (Å²) in [6, 6.07) is 17.0. The Balaban J connectivity index is 1.78. The van der Waals surface area contributed by atoms with Crippen LogP contribution in [0.5, 0.6) is 5.75 Å². The van der Waals surface area contributed by atoms with Gasteiger partial charge in [-0.05, 0) is 54.6 Å². The van der Waals surface area contributed by atoms with E-state index in [-0.39, 0.29) is 27.7 Å². The van der Waals surface area contributed by atoms with Gasteiger partial charge in [0.2, 0.25) is 0 Å². The number of nitrogens with zero attached hydrogens (tertiary/aromatic N) is 4. The van der Waals surface area contributed by atoms with Crippen molar-refractivity contribution in [1.82, 2.24) is 19.1 Å². The minimum Gasteiger partial charge on any atom is -0.406 e. The Hall–Kier alpha value is -3.34. The Morgan fingerprint density at radius 3 is 2.39 bits per heavy atom. The number of alkyl halides is 3. The third-order valence-electron chi connectivity index (χ3n) is 5.16. The average molecular weight is 596 g/mol. The van der Waals surface area contributed by atoms with Crippen molar-refractivity contribution in [3.8, 4) is 28.5 Å². The summed E-state index contributed by atoms with van der Waals surface area (Å²) in [5.41, 5.74) is 0.830. The van der Waals surface area contributed by atoms with E-state index >= 15 is 0 Å². The lowest BCUT2D eigenvalue weighted by Crippen LogP contribution is -2.22. The first kappa shape index (κ1) is 24.4. The lowest BCUT2D eigenvalue weighted by molar-refractivity contribution is -0.274. The minimum absolute atomic E-state index is 0.00824. The van der Waals surface area contributed by atoms with E-state index in [2.05, 4.69) is 25.7 Å². The molecule has 0 N–H and O–H groups in total. The molecule has 2 aromatic heterocycles. The van der Waals surface area contributed by atoms with Crippen LogP contribution in [0.25, 0.3) is 33.9 Å². The van der Waals surface area contributed by atoms with Crippen LogP contribution in [0.15, 0.2) is 82.3 Å². The zero-order valence-electron chi connectivity index (χ0n) is 17.8. The van der Waals surface area contributed by atoms with Crippen molar-refractivity contribution in [2.24, 2.45) is 0 Å². The maximum absolute atomic E-state index is 13.7. The molecule has 0 saturated heterocycles. The van der Waals surface area contributed by atoms with Crippen molar-refractivity contribution in [3.05, 3.63) is 97.9 Å². The summed E-state index contributed by atoms with van der Waals surface area (Å²) in [5.74, 6) is -0.230. The summed E-state index contributed by atoms with van der Waals surface area (Å²) in [7, 11) is 0. The summed E-state index contributed by atoms with van der Waals surface area (Å²) in [4.78, 5) is 22.6. The highest BCUT2D eigenvalue weighted by molar-refractivity contribution is 9.10. The summed E-state index contributed by atoms with van der Waals surface area (Å²) in [6.07, 6.45) is -3.55. The van der Waals surface area contributed by atoms with Crippen LogP contribution in [0.3, 0.4) is 0 Å². The van der Waals surface area contributed by atoms with Crippen LogP contribution in [0.2, 0.25) is 10.0 Å². The van der Waals surface area contributed by atoms with Gasteiger partial charge in [0, 0.05) is 21.1 Å². The second-order valence-corrected chi connectivity index (χ2v) is 9.27. The predicted molar refractivity (Wildman–Crippen MR) is 134 cm³/mol. The van der Waals surface area contributed by atoms with E-state index < -0.39 is 17.7 Å². The number of hydrogen-bond acceptors (Lipinski definition) is 4. The van der Waals surface area contributed by atoms with Gasteiger partial charge in [0.25, 0.3) is 5.56 Å². The first-order chi connectivity index (χ1) is 17.1. The Bertz CT molecular complexity index is 1670. The number of aromatic nitrogens is 4. The number of imidazole rings is 1. The van der Waals surface area contributed by atoms with Crippen LogP contribution in [-0.2, 0) is 0 Å². The molecule has 182 valence electrons. The van der Waals surface area contributed by atoms with Crippen molar-refractivity contribution in [1.29, 1.82) is 0 Å². The molecule has 5 aromatic rings. The van der Waals surface area contributed by atoms with Crippen LogP contribution in [0.4, 0.5) is 13.2 Å². The summed E-state index contributed by atoms with van der Waals surface area (Å²) in [6.45, 7) is 0. The van der Waals surface area contributed by atoms with Crippen LogP contribution in [0, 0.1) is 0 Å². The molecule has 0 spiro atoms. The van der Waals surface area contributed by atoms with Gasteiger partial charge in [0.1, 0.15) is 12.1 Å². The van der Waals surface area contributed by atoms with Crippen LogP contribution < -0.4 is 10.3 Å². The lowest BCUT2D eigenvalue weighted by atomic mass is 10.2. The molecule has 0 fully saturated rings. The maximum Gasteiger partial charge on any atom is 0.573 e. The number of ether oxygens (including phenoxy) is 1. The molecule has 5 rings (SSSR count). The standard InChI is InChI=1S/C24H12BrCl2F3N4O2/c25-13-4-7-15(8-5-13)34-21(18-9-6-14(26)10-19(18)27)32-22-20(23(34)35)31-12-33(22)16-2-1-3-17(11-16)36-24(28,29)30/h1-12H. The molecule has 0 bridgehead atoms. The highest BCUT2D eigenvalue weighted by Crippen LogP contribution is 2.32. The van der Waals surface area contributed by atoms with Gasteiger partial charge < -0.3 is 4.74 Å². The monoisotopic (exact) mass is 594 g/mol. The van der Waals surface area contributed by atoms with Crippen molar-refractivity contribution in [2.45, 2.75) is 6.36 Å². The summed E-state index contributed by atoms with van der Waals surface area (Å²) in [5, 5.41) is 0.653. The van der Waals surface area contributed by atoms with Gasteiger partial charge in [-0.3, -0.25) is 13.9 Å². The minimum atomic E-state index is -4.86. The van der Waals surface area contributed by atoms with E-state index in [1.807, 2.05) is 0 Å². The zero-order valence-corrected chi connectivity index (χ0v) is 20.9. The van der Waals surface area contributed by atoms with Gasteiger partial charge in [0.15, 0.2) is 17.0 Å². The molecule has 0 aliphatic rings. The number of fused-ring (bicyclic) bond motifs is 1. The molecule has 36 heavy (non-hydrogen) atoms. The Morgan fingerprint density at radius 1 is 0.944 bits per heavy atom. The van der Waals surface area contributed by atoms with Crippen molar-refractivity contribution < 1.29 is 17.9 Å². The molecule has 3 aromatic carbocycles. The molecule has 0 amide bonds. The Labute approximate surface area is 219 Å². The summed E-state index contributed by atoms with van der Waals surface area (Å²) >= 11 is 15.9. The number of halogens is 6. The smallest absolute Gasteiger partial charge is 0.406 e. The molecule has 6 nitrogen and oxygen atoms in total. The molecule has 0 radical (unpaired) electrons. The van der Waals surface area contributed by atoms with E-state index in [0.29, 0.717) is 16.3 Å². The van der Waals surface area contributed by atoms with E-state index in [4.69, 9.17) is 28.2 Å². The third kappa shape index (κ3) is 4.71. The van der Waals surface area contributed by atoms with Gasteiger partial charge in [0.05, 0.1) is 16.4 Å². The van der Waals surface area contributed by atoms with Gasteiger partial charge in [-0.2, -0.15) is 0 Å². The first-order valence-corrected chi connectivity index (χ1v) is 11.7. The van der Waals surface area contributed by atoms with E-state index in [0.717, 1.165) is 4.47 Å². The van der Waals surface area contributed by atoms with Gasteiger partial charge in [-0.1, -0.05) is 45.2 Å². The third-order valence-corrected chi connectivity index (χ3v) is 6.23. The topological polar surface area (TPSA) is 61.9 Å². The van der Waals surface area contributed by atoms with Gasteiger partial charge >= 0.3 is 6.36 Å². The molecule has 0 aliphatic heterocycles. The van der Waals surface area contributed by atoms with Gasteiger partial charge in [-0.25, -0.2) is 9.97 Å². The molecule has 0 atom stereocenters. The fraction of sp³-hybridized carbons (Fsp3) is 0.0417. The van der Waals surface area contributed by atoms with E-state index in [1.54, 1.807) is 42.5 Å². The Kier molecular flexibility index (Phi) is 6.27. The van der Waals surface area contributed by atoms with Crippen molar-refractivity contribution >= 4 is 50.3 Å². The molecular weight excluding hydrogens is 584 g/mol. The fourth-order valence-corrected chi connectivity index (χ4v) is 4.41. The second-order valence-electron chi connectivity index (χ2n) is 7.51. The lowest BCUT2D eigenvalue weighted by Gasteiger charge is -2.15. The molecular formula is C24H12BrCl2F3N4O2. The predicted octanol–water partition coefficient (Wildman–Crippen LogP) is 7.21. The molecule has 0 aliphatic carbocycles. The van der Waals surface area contributed by atoms with E-state index in [9.17, 15) is 18.0 Å². The quantitative estimate of drug-likeness (QED) is 0.220. The maximum atomic E-state index is 13.7. The normalized spacial score (nSPS) is 11.7. The fourth-order valence-electron chi connectivity index (χ4n) is 3.65. The molecule has 0 saturated carbocycles. The number of benzene rings is 3. The van der Waals surface area contributed by atoms with Crippen LogP contribution in [-0.4, -0.2) is 25.5 Å². The molecule has 2 heterocycles. The van der Waals surface area contributed by atoms with Crippen molar-refractivity contribution in [3.63, 3.8) is 0 Å². The van der Waals surface area contributed by atoms with Gasteiger partial charge in [-0.15, -0.1) is 13.2 Å². The largest absolute Gasteiger partial charge is 0.573 e. The first-order valence-electron chi connectivity index (χ1n) is 10.2. The number of hydrogen-bond donors (Lipinski definition) is 0. The average Bonchev–Trinajstić information content (AvgIpc) is 3.23. The van der Waals surface area contributed by atoms with Crippen LogP contribution in [0.1, 0.15) is 0 Å². The molecule has 0 unspecified atom stereocenters. The SMILES string of the molecule is O=c1c2ncn(-c3cccc(OC(F)(F)F)c3)c2nc(-c2ccc(Cl)cc2Cl)n1-c1ccc(Br)cc1. The highest BCUT2D eigenvalue weighted by atomic mass is 79.9.